The van der Waals surface area contributed by atoms with Gasteiger partial charge in [0.25, 0.3) is 5.91 Å². The molecular formula is C15H15N3O2. The third-order valence-corrected chi connectivity index (χ3v) is 3.38. The average Bonchev–Trinajstić information content (AvgIpc) is 3.30. The van der Waals surface area contributed by atoms with Crippen LogP contribution < -0.4 is 10.1 Å². The van der Waals surface area contributed by atoms with E-state index in [0.717, 1.165) is 12.8 Å². The normalized spacial score (nSPS) is 16.4. The lowest BCUT2D eigenvalue weighted by atomic mass is 9.98. The van der Waals surface area contributed by atoms with E-state index in [9.17, 15) is 4.79 Å². The highest BCUT2D eigenvalue weighted by molar-refractivity contribution is 5.79. The van der Waals surface area contributed by atoms with Crippen molar-refractivity contribution in [1.82, 2.24) is 5.32 Å². The standard InChI is InChI=1S/C15H15N3O2/c1-15(10-17,12-4-5-12)18-14(19)9-20-13-6-2-11(8-16)3-7-13/h2-3,6-7,12H,4-5,9H2,1H3,(H,18,19)/t15-/m0/s1. The summed E-state index contributed by atoms with van der Waals surface area (Å²) in [4.78, 5) is 11.8. The minimum atomic E-state index is -0.800. The molecule has 20 heavy (non-hydrogen) atoms. The van der Waals surface area contributed by atoms with E-state index in [1.807, 2.05) is 6.07 Å². The van der Waals surface area contributed by atoms with Gasteiger partial charge in [-0.15, -0.1) is 0 Å². The molecule has 0 spiro atoms. The second-order valence-electron chi connectivity index (χ2n) is 5.06. The number of benzene rings is 1. The molecule has 1 aromatic rings. The Morgan fingerprint density at radius 2 is 2.05 bits per heavy atom. The van der Waals surface area contributed by atoms with Crippen molar-refractivity contribution in [2.24, 2.45) is 5.92 Å². The van der Waals surface area contributed by atoms with Crippen molar-refractivity contribution in [1.29, 1.82) is 10.5 Å². The summed E-state index contributed by atoms with van der Waals surface area (Å²) in [5.74, 6) is 0.445. The van der Waals surface area contributed by atoms with E-state index in [-0.39, 0.29) is 18.4 Å². The van der Waals surface area contributed by atoms with Crippen molar-refractivity contribution in [2.75, 3.05) is 6.61 Å². The van der Waals surface area contributed by atoms with Gasteiger partial charge in [0.2, 0.25) is 0 Å². The number of hydrogen-bond acceptors (Lipinski definition) is 4. The molecule has 1 saturated carbocycles. The number of nitriles is 2. The lowest BCUT2D eigenvalue weighted by Crippen LogP contribution is -2.48. The molecule has 0 aliphatic heterocycles. The van der Waals surface area contributed by atoms with Crippen LogP contribution in [0.15, 0.2) is 24.3 Å². The van der Waals surface area contributed by atoms with E-state index in [2.05, 4.69) is 11.4 Å². The first-order valence-electron chi connectivity index (χ1n) is 6.42. The zero-order valence-electron chi connectivity index (χ0n) is 11.2. The van der Waals surface area contributed by atoms with Gasteiger partial charge in [-0.3, -0.25) is 4.79 Å². The SMILES string of the molecule is C[C@@](C#N)(NC(=O)COc1ccc(C#N)cc1)C1CC1. The van der Waals surface area contributed by atoms with Crippen LogP contribution in [0.1, 0.15) is 25.3 Å². The topological polar surface area (TPSA) is 85.9 Å². The van der Waals surface area contributed by atoms with Crippen LogP contribution in [0.5, 0.6) is 5.75 Å². The summed E-state index contributed by atoms with van der Waals surface area (Å²) in [6, 6.07) is 10.7. The fourth-order valence-corrected chi connectivity index (χ4v) is 1.98. The molecule has 1 aromatic carbocycles. The summed E-state index contributed by atoms with van der Waals surface area (Å²) in [6.07, 6.45) is 1.95. The second kappa shape index (κ2) is 5.63. The summed E-state index contributed by atoms with van der Waals surface area (Å²) in [6.45, 7) is 1.60. The number of hydrogen-bond donors (Lipinski definition) is 1. The molecule has 2 rings (SSSR count). The molecule has 1 aliphatic rings. The highest BCUT2D eigenvalue weighted by Gasteiger charge is 2.43. The summed E-state index contributed by atoms with van der Waals surface area (Å²) < 4.78 is 5.33. The molecule has 102 valence electrons. The van der Waals surface area contributed by atoms with Crippen LogP contribution >= 0.6 is 0 Å². The van der Waals surface area contributed by atoms with Gasteiger partial charge >= 0.3 is 0 Å². The number of rotatable bonds is 5. The Labute approximate surface area is 117 Å². The van der Waals surface area contributed by atoms with Crippen LogP contribution in [-0.4, -0.2) is 18.1 Å². The Kier molecular flexibility index (Phi) is 3.91. The smallest absolute Gasteiger partial charge is 0.259 e. The average molecular weight is 269 g/mol. The van der Waals surface area contributed by atoms with Crippen molar-refractivity contribution >= 4 is 5.91 Å². The van der Waals surface area contributed by atoms with Gasteiger partial charge in [0.1, 0.15) is 11.3 Å². The fraction of sp³-hybridized carbons (Fsp3) is 0.400. The van der Waals surface area contributed by atoms with Crippen molar-refractivity contribution < 1.29 is 9.53 Å². The first-order valence-corrected chi connectivity index (χ1v) is 6.42. The predicted octanol–water partition coefficient (Wildman–Crippen LogP) is 1.75. The van der Waals surface area contributed by atoms with Crippen molar-refractivity contribution in [3.05, 3.63) is 29.8 Å². The minimum Gasteiger partial charge on any atom is -0.484 e. The van der Waals surface area contributed by atoms with E-state index >= 15 is 0 Å². The Morgan fingerprint density at radius 1 is 1.40 bits per heavy atom. The number of nitrogens with one attached hydrogen (secondary N) is 1. The molecule has 1 atom stereocenters. The Morgan fingerprint density at radius 3 is 2.55 bits per heavy atom. The molecule has 0 aromatic heterocycles. The van der Waals surface area contributed by atoms with E-state index in [4.69, 9.17) is 15.3 Å². The molecule has 5 nitrogen and oxygen atoms in total. The number of ether oxygens (including phenoxy) is 1. The summed E-state index contributed by atoms with van der Waals surface area (Å²) >= 11 is 0. The zero-order chi connectivity index (χ0) is 14.6. The van der Waals surface area contributed by atoms with Crippen molar-refractivity contribution in [2.45, 2.75) is 25.3 Å². The molecule has 0 unspecified atom stereocenters. The Bertz CT molecular complexity index is 579. The maximum Gasteiger partial charge on any atom is 0.259 e. The van der Waals surface area contributed by atoms with E-state index in [1.165, 1.54) is 0 Å². The lowest BCUT2D eigenvalue weighted by Gasteiger charge is -2.22. The van der Waals surface area contributed by atoms with Gasteiger partial charge in [0, 0.05) is 0 Å². The lowest BCUT2D eigenvalue weighted by molar-refractivity contribution is -0.124. The van der Waals surface area contributed by atoms with Crippen molar-refractivity contribution in [3.63, 3.8) is 0 Å². The van der Waals surface area contributed by atoms with Gasteiger partial charge in [0.05, 0.1) is 17.7 Å². The molecule has 0 saturated heterocycles. The van der Waals surface area contributed by atoms with Crippen LogP contribution in [0.4, 0.5) is 0 Å². The zero-order valence-corrected chi connectivity index (χ0v) is 11.2. The van der Waals surface area contributed by atoms with Gasteiger partial charge < -0.3 is 10.1 Å². The largest absolute Gasteiger partial charge is 0.484 e. The quantitative estimate of drug-likeness (QED) is 0.882. The highest BCUT2D eigenvalue weighted by Crippen LogP contribution is 2.39. The molecule has 0 heterocycles. The number of amides is 1. The van der Waals surface area contributed by atoms with Gasteiger partial charge in [-0.25, -0.2) is 0 Å². The number of carbonyl (C=O) groups is 1. The van der Waals surface area contributed by atoms with Gasteiger partial charge in [0.15, 0.2) is 6.61 Å². The molecule has 0 bridgehead atoms. The van der Waals surface area contributed by atoms with E-state index < -0.39 is 5.54 Å². The van der Waals surface area contributed by atoms with Crippen LogP contribution in [0.25, 0.3) is 0 Å². The fourth-order valence-electron chi connectivity index (χ4n) is 1.98. The van der Waals surface area contributed by atoms with Gasteiger partial charge in [-0.1, -0.05) is 0 Å². The van der Waals surface area contributed by atoms with Gasteiger partial charge in [-0.2, -0.15) is 10.5 Å². The molecule has 1 aliphatic carbocycles. The Hall–Kier alpha value is -2.53. The molecule has 1 amide bonds. The second-order valence-corrected chi connectivity index (χ2v) is 5.06. The van der Waals surface area contributed by atoms with E-state index in [0.29, 0.717) is 11.3 Å². The predicted molar refractivity (Wildman–Crippen MR) is 71.5 cm³/mol. The summed E-state index contributed by atoms with van der Waals surface area (Å²) in [7, 11) is 0. The molecule has 5 heteroatoms. The first kappa shape index (κ1) is 13.9. The monoisotopic (exact) mass is 269 g/mol. The van der Waals surface area contributed by atoms with Crippen molar-refractivity contribution in [3.8, 4) is 17.9 Å². The molecule has 0 radical (unpaired) electrons. The highest BCUT2D eigenvalue weighted by atomic mass is 16.5. The van der Waals surface area contributed by atoms with Crippen LogP contribution in [-0.2, 0) is 4.79 Å². The third-order valence-electron chi connectivity index (χ3n) is 3.38. The van der Waals surface area contributed by atoms with E-state index in [1.54, 1.807) is 31.2 Å². The molecule has 1 N–H and O–H groups in total. The van der Waals surface area contributed by atoms with Crippen LogP contribution in [0.2, 0.25) is 0 Å². The maximum atomic E-state index is 11.8. The van der Waals surface area contributed by atoms with Crippen LogP contribution in [0.3, 0.4) is 0 Å². The summed E-state index contributed by atoms with van der Waals surface area (Å²) in [5.41, 5.74) is -0.266. The van der Waals surface area contributed by atoms with Gasteiger partial charge in [-0.05, 0) is 49.9 Å². The molecular weight excluding hydrogens is 254 g/mol. The minimum absolute atomic E-state index is 0.143. The molecule has 1 fully saturated rings. The first-order chi connectivity index (χ1) is 9.57. The number of nitrogens with zero attached hydrogens (tertiary/aromatic N) is 2. The third kappa shape index (κ3) is 3.27. The Balaban J connectivity index is 1.86. The maximum absolute atomic E-state index is 11.8. The number of carbonyl (C=O) groups excluding carboxylic acids is 1. The van der Waals surface area contributed by atoms with Crippen LogP contribution in [0, 0.1) is 28.6 Å². The summed E-state index contributed by atoms with van der Waals surface area (Å²) in [5, 5.41) is 20.5.